The number of hydrogen-bond donors (Lipinski definition) is 1. The van der Waals surface area contributed by atoms with Gasteiger partial charge in [0.1, 0.15) is 0 Å². The maximum Gasteiger partial charge on any atom is 0.270 e. The topological polar surface area (TPSA) is 108 Å². The molecule has 0 saturated heterocycles. The Morgan fingerprint density at radius 1 is 1.30 bits per heavy atom. The predicted octanol–water partition coefficient (Wildman–Crippen LogP) is 2.17. The third-order valence-electron chi connectivity index (χ3n) is 3.00. The highest BCUT2D eigenvalue weighted by Crippen LogP contribution is 2.21. The number of benzene rings is 2. The van der Waals surface area contributed by atoms with Crippen molar-refractivity contribution in [1.29, 1.82) is 0 Å². The van der Waals surface area contributed by atoms with Gasteiger partial charge in [-0.15, -0.1) is 0 Å². The van der Waals surface area contributed by atoms with Crippen molar-refractivity contribution in [3.05, 3.63) is 63.7 Å². The normalized spacial score (nSPS) is 10.7. The van der Waals surface area contributed by atoms with Crippen LogP contribution in [0.25, 0.3) is 0 Å². The van der Waals surface area contributed by atoms with E-state index in [4.69, 9.17) is 0 Å². The Kier molecular flexibility index (Phi) is 5.03. The van der Waals surface area contributed by atoms with E-state index in [-0.39, 0.29) is 22.9 Å². The van der Waals surface area contributed by atoms with Gasteiger partial charge in [0.05, 0.1) is 10.6 Å². The molecule has 0 heterocycles. The number of aliphatic imine (C=N–C) groups is 1. The second-order valence-corrected chi connectivity index (χ2v) is 4.65. The summed E-state index contributed by atoms with van der Waals surface area (Å²) in [6, 6.07) is 10.0. The van der Waals surface area contributed by atoms with Gasteiger partial charge in [0.2, 0.25) is 0 Å². The van der Waals surface area contributed by atoms with Gasteiger partial charge in [-0.25, -0.2) is 0 Å². The van der Waals surface area contributed by atoms with Crippen molar-refractivity contribution in [3.8, 4) is 5.75 Å². The number of hydrogen-bond acceptors (Lipinski definition) is 5. The molecule has 0 unspecified atom stereocenters. The first-order valence-electron chi connectivity index (χ1n) is 6.89. The zero-order chi connectivity index (χ0) is 16.8. The molecule has 1 amide bonds. The summed E-state index contributed by atoms with van der Waals surface area (Å²) in [5.74, 6) is -0.580. The highest BCUT2D eigenvalue weighted by Gasteiger charge is 2.06. The van der Waals surface area contributed by atoms with Crippen LogP contribution in [0.4, 0.5) is 11.4 Å². The number of rotatable bonds is 5. The molecule has 7 heteroatoms. The molecule has 0 atom stereocenters. The molecular formula is C16H14N3O4-. The van der Waals surface area contributed by atoms with Crippen molar-refractivity contribution in [2.24, 2.45) is 4.99 Å². The van der Waals surface area contributed by atoms with Gasteiger partial charge in [0, 0.05) is 30.5 Å². The van der Waals surface area contributed by atoms with E-state index in [1.165, 1.54) is 12.3 Å². The first-order chi connectivity index (χ1) is 11.0. The quantitative estimate of drug-likeness (QED) is 0.518. The van der Waals surface area contributed by atoms with Gasteiger partial charge in [-0.3, -0.25) is 19.9 Å². The summed E-state index contributed by atoms with van der Waals surface area (Å²) in [4.78, 5) is 26.0. The first-order valence-corrected chi connectivity index (χ1v) is 6.89. The largest absolute Gasteiger partial charge is 0.872 e. The van der Waals surface area contributed by atoms with E-state index in [0.717, 1.165) is 12.1 Å². The first kappa shape index (κ1) is 16.2. The molecule has 0 aliphatic carbocycles. The molecule has 0 bridgehead atoms. The van der Waals surface area contributed by atoms with Gasteiger partial charge in [-0.2, -0.15) is 0 Å². The lowest BCUT2D eigenvalue weighted by Gasteiger charge is -2.08. The molecule has 0 radical (unpaired) electrons. The van der Waals surface area contributed by atoms with Gasteiger partial charge in [-0.1, -0.05) is 17.9 Å². The fourth-order valence-corrected chi connectivity index (χ4v) is 1.88. The van der Waals surface area contributed by atoms with Crippen LogP contribution in [0.5, 0.6) is 5.75 Å². The molecule has 0 spiro atoms. The Bertz CT molecular complexity index is 772. The van der Waals surface area contributed by atoms with Crippen LogP contribution < -0.4 is 10.4 Å². The van der Waals surface area contributed by atoms with Gasteiger partial charge < -0.3 is 10.4 Å². The highest BCUT2D eigenvalue weighted by molar-refractivity contribution is 5.95. The summed E-state index contributed by atoms with van der Waals surface area (Å²) in [5, 5.41) is 25.1. The third-order valence-corrected chi connectivity index (χ3v) is 3.00. The van der Waals surface area contributed by atoms with Crippen LogP contribution in [-0.2, 0) is 0 Å². The molecule has 7 nitrogen and oxygen atoms in total. The lowest BCUT2D eigenvalue weighted by Crippen LogP contribution is -2.22. The number of carbonyl (C=O) groups is 1. The van der Waals surface area contributed by atoms with Crippen LogP contribution in [0.1, 0.15) is 22.8 Å². The smallest absolute Gasteiger partial charge is 0.270 e. The minimum atomic E-state index is -0.577. The van der Waals surface area contributed by atoms with Crippen molar-refractivity contribution in [3.63, 3.8) is 0 Å². The van der Waals surface area contributed by atoms with Gasteiger partial charge in [0.25, 0.3) is 11.6 Å². The van der Waals surface area contributed by atoms with E-state index in [9.17, 15) is 20.0 Å². The van der Waals surface area contributed by atoms with E-state index in [0.29, 0.717) is 17.8 Å². The zero-order valence-electron chi connectivity index (χ0n) is 12.4. The van der Waals surface area contributed by atoms with E-state index in [1.807, 2.05) is 6.92 Å². The summed E-state index contributed by atoms with van der Waals surface area (Å²) in [7, 11) is 0. The van der Waals surface area contributed by atoms with Gasteiger partial charge in [0.15, 0.2) is 0 Å². The van der Waals surface area contributed by atoms with Crippen molar-refractivity contribution in [2.45, 2.75) is 6.92 Å². The maximum absolute atomic E-state index is 11.8. The van der Waals surface area contributed by atoms with E-state index in [1.54, 1.807) is 24.3 Å². The third kappa shape index (κ3) is 4.13. The SMILES string of the molecule is CCNC(=O)c1cccc(N=Cc2cc([N+](=O)[O-])ccc2[O-])c1. The van der Waals surface area contributed by atoms with Crippen molar-refractivity contribution >= 4 is 23.5 Å². The zero-order valence-corrected chi connectivity index (χ0v) is 12.4. The molecule has 0 fully saturated rings. The number of carbonyl (C=O) groups excluding carboxylic acids is 1. The summed E-state index contributed by atoms with van der Waals surface area (Å²) in [6.07, 6.45) is 1.26. The maximum atomic E-state index is 11.8. The molecule has 0 aliphatic heterocycles. The van der Waals surface area contributed by atoms with Gasteiger partial charge >= 0.3 is 0 Å². The Morgan fingerprint density at radius 3 is 2.78 bits per heavy atom. The van der Waals surface area contributed by atoms with Crippen LogP contribution in [-0.4, -0.2) is 23.6 Å². The summed E-state index contributed by atoms with van der Waals surface area (Å²) in [5.41, 5.74) is 0.854. The minimum Gasteiger partial charge on any atom is -0.872 e. The second kappa shape index (κ2) is 7.17. The van der Waals surface area contributed by atoms with Crippen LogP contribution in [0.2, 0.25) is 0 Å². The Hall–Kier alpha value is -3.22. The summed E-state index contributed by atoms with van der Waals surface area (Å²) < 4.78 is 0. The molecule has 23 heavy (non-hydrogen) atoms. The van der Waals surface area contributed by atoms with Crippen molar-refractivity contribution in [1.82, 2.24) is 5.32 Å². The summed E-state index contributed by atoms with van der Waals surface area (Å²) in [6.45, 7) is 2.33. The van der Waals surface area contributed by atoms with Crippen LogP contribution in [0.15, 0.2) is 47.5 Å². The molecule has 2 aromatic rings. The Balaban J connectivity index is 2.27. The number of non-ortho nitro benzene ring substituents is 1. The van der Waals surface area contributed by atoms with Gasteiger partial charge in [-0.05, 0) is 30.7 Å². The lowest BCUT2D eigenvalue weighted by molar-refractivity contribution is -0.385. The molecule has 0 saturated carbocycles. The molecular weight excluding hydrogens is 298 g/mol. The molecule has 0 aromatic heterocycles. The second-order valence-electron chi connectivity index (χ2n) is 4.65. The number of amides is 1. The average Bonchev–Trinajstić information content (AvgIpc) is 2.54. The molecule has 2 rings (SSSR count). The number of nitro groups is 1. The minimum absolute atomic E-state index is 0.114. The van der Waals surface area contributed by atoms with Crippen LogP contribution >= 0.6 is 0 Å². The fraction of sp³-hybridized carbons (Fsp3) is 0.125. The van der Waals surface area contributed by atoms with E-state index >= 15 is 0 Å². The average molecular weight is 312 g/mol. The van der Waals surface area contributed by atoms with Crippen molar-refractivity contribution in [2.75, 3.05) is 6.54 Å². The predicted molar refractivity (Wildman–Crippen MR) is 84.2 cm³/mol. The van der Waals surface area contributed by atoms with E-state index in [2.05, 4.69) is 10.3 Å². The number of nitrogens with one attached hydrogen (secondary N) is 1. The highest BCUT2D eigenvalue weighted by atomic mass is 16.6. The lowest BCUT2D eigenvalue weighted by atomic mass is 10.1. The van der Waals surface area contributed by atoms with Crippen LogP contribution in [0, 0.1) is 10.1 Å². The van der Waals surface area contributed by atoms with Crippen molar-refractivity contribution < 1.29 is 14.8 Å². The molecule has 1 N–H and O–H groups in total. The molecule has 0 aliphatic rings. The Labute approximate surface area is 132 Å². The summed E-state index contributed by atoms with van der Waals surface area (Å²) >= 11 is 0. The number of nitro benzene ring substituents is 1. The fourth-order valence-electron chi connectivity index (χ4n) is 1.88. The number of nitrogens with zero attached hydrogens (tertiary/aromatic N) is 2. The van der Waals surface area contributed by atoms with Crippen LogP contribution in [0.3, 0.4) is 0 Å². The molecule has 2 aromatic carbocycles. The van der Waals surface area contributed by atoms with E-state index < -0.39 is 4.92 Å². The monoisotopic (exact) mass is 312 g/mol. The standard InChI is InChI=1S/C16H15N3O4/c1-2-17-16(21)11-4-3-5-13(8-11)18-10-12-9-14(19(22)23)6-7-15(12)20/h3-10,20H,2H2,1H3,(H,17,21)/p-1. The molecule has 118 valence electrons. The Morgan fingerprint density at radius 2 is 2.09 bits per heavy atom.